The number of rotatable bonds is 6. The van der Waals surface area contributed by atoms with E-state index < -0.39 is 0 Å². The summed E-state index contributed by atoms with van der Waals surface area (Å²) < 4.78 is -0.0427. The first-order chi connectivity index (χ1) is 8.41. The van der Waals surface area contributed by atoms with Crippen molar-refractivity contribution in [3.63, 3.8) is 0 Å². The van der Waals surface area contributed by atoms with Gasteiger partial charge in [0.2, 0.25) is 13.1 Å². The molecule has 0 aromatic carbocycles. The maximum atomic E-state index is 10.6. The Hall–Kier alpha value is 0.260. The molecule has 1 saturated carbocycles. The van der Waals surface area contributed by atoms with Crippen LogP contribution in [0, 0.1) is 32.1 Å². The molecule has 0 heterocycles. The number of hydrogen-bond acceptors (Lipinski definition) is 4. The van der Waals surface area contributed by atoms with Crippen molar-refractivity contribution in [1.29, 1.82) is 0 Å². The van der Waals surface area contributed by atoms with Crippen molar-refractivity contribution in [1.82, 2.24) is 0 Å². The molecule has 0 spiro atoms. The van der Waals surface area contributed by atoms with Gasteiger partial charge in [-0.3, -0.25) is 20.2 Å². The van der Waals surface area contributed by atoms with Crippen molar-refractivity contribution in [2.45, 2.75) is 33.5 Å². The Labute approximate surface area is 133 Å². The van der Waals surface area contributed by atoms with Gasteiger partial charge in [0, 0.05) is 9.85 Å². The number of nitrogens with zero attached hydrogens (tertiary/aromatic N) is 2. The van der Waals surface area contributed by atoms with Gasteiger partial charge in [-0.25, -0.2) is 0 Å². The molecule has 1 aliphatic carbocycles. The van der Waals surface area contributed by atoms with Gasteiger partial charge < -0.3 is 0 Å². The second-order valence-electron chi connectivity index (χ2n) is 4.67. The van der Waals surface area contributed by atoms with Gasteiger partial charge in [-0.2, -0.15) is 0 Å². The monoisotopic (exact) mass is 482 g/mol. The fourth-order valence-electron chi connectivity index (χ4n) is 2.64. The highest BCUT2D eigenvalue weighted by molar-refractivity contribution is 14.1. The quantitative estimate of drug-likeness (QED) is 0.252. The number of halogens is 2. The Bertz CT molecular complexity index is 286. The van der Waals surface area contributed by atoms with Crippen LogP contribution in [0.15, 0.2) is 0 Å². The van der Waals surface area contributed by atoms with E-state index in [9.17, 15) is 20.2 Å². The Morgan fingerprint density at radius 2 is 1.28 bits per heavy atom. The first-order valence-electron chi connectivity index (χ1n) is 5.93. The molecule has 1 rings (SSSR count). The fraction of sp³-hybridized carbons (Fsp3) is 1.00. The second-order valence-corrected chi connectivity index (χ2v) is 7.87. The van der Waals surface area contributed by atoms with E-state index in [1.807, 2.05) is 0 Å². The minimum Gasteiger partial charge on any atom is -0.265 e. The van der Waals surface area contributed by atoms with Crippen molar-refractivity contribution in [3.05, 3.63) is 20.2 Å². The number of hydrogen-bond donors (Lipinski definition) is 0. The summed E-state index contributed by atoms with van der Waals surface area (Å²) in [5.74, 6) is 0.484. The Balaban J connectivity index is 2.66. The Kier molecular flexibility index (Phi) is 7.03. The third kappa shape index (κ3) is 5.10. The highest BCUT2D eigenvalue weighted by Crippen LogP contribution is 2.39. The fourth-order valence-corrected chi connectivity index (χ4v) is 5.07. The van der Waals surface area contributed by atoms with Gasteiger partial charge in [-0.1, -0.05) is 58.0 Å². The Morgan fingerprint density at radius 3 is 1.56 bits per heavy atom. The van der Waals surface area contributed by atoms with Crippen LogP contribution in [0.1, 0.15) is 25.7 Å². The van der Waals surface area contributed by atoms with E-state index in [4.69, 9.17) is 0 Å². The average Bonchev–Trinajstić information content (AvgIpc) is 2.27. The van der Waals surface area contributed by atoms with Crippen LogP contribution in [0.2, 0.25) is 0 Å². The lowest BCUT2D eigenvalue weighted by Crippen LogP contribution is -2.38. The van der Waals surface area contributed by atoms with Crippen LogP contribution in [0.5, 0.6) is 0 Å². The average molecular weight is 482 g/mol. The van der Waals surface area contributed by atoms with Crippen molar-refractivity contribution in [3.8, 4) is 0 Å². The zero-order chi connectivity index (χ0) is 13.7. The molecule has 6 nitrogen and oxygen atoms in total. The first-order valence-corrected chi connectivity index (χ1v) is 8.42. The highest BCUT2D eigenvalue weighted by Gasteiger charge is 2.38. The van der Waals surface area contributed by atoms with Crippen molar-refractivity contribution >= 4 is 45.2 Å². The summed E-state index contributed by atoms with van der Waals surface area (Å²) in [5, 5.41) is 21.2. The molecule has 1 aliphatic rings. The highest BCUT2D eigenvalue weighted by atomic mass is 127. The Morgan fingerprint density at radius 1 is 0.944 bits per heavy atom. The van der Waals surface area contributed by atoms with E-state index in [-0.39, 0.29) is 42.6 Å². The third-order valence-electron chi connectivity index (χ3n) is 3.45. The SMILES string of the molecule is O=[N+]([O-])CC(I)C1CCCCC1C(I)C[N+](=O)[O-]. The zero-order valence-corrected chi connectivity index (χ0v) is 14.2. The molecule has 0 N–H and O–H groups in total. The van der Waals surface area contributed by atoms with Gasteiger partial charge in [0.05, 0.1) is 7.85 Å². The first kappa shape index (κ1) is 16.3. The molecule has 0 radical (unpaired) electrons. The van der Waals surface area contributed by atoms with Gasteiger partial charge in [0.25, 0.3) is 0 Å². The minimum absolute atomic E-state index is 0.0214. The largest absolute Gasteiger partial charge is 0.265 e. The number of alkyl halides is 2. The van der Waals surface area contributed by atoms with E-state index in [1.165, 1.54) is 0 Å². The maximum absolute atomic E-state index is 10.6. The number of nitro groups is 2. The lowest BCUT2D eigenvalue weighted by Gasteiger charge is -2.35. The summed E-state index contributed by atoms with van der Waals surface area (Å²) in [5.41, 5.74) is 0. The van der Waals surface area contributed by atoms with Crippen LogP contribution in [0.4, 0.5) is 0 Å². The van der Waals surface area contributed by atoms with Crippen LogP contribution in [-0.2, 0) is 0 Å². The lowest BCUT2D eigenvalue weighted by molar-refractivity contribution is -0.482. The molecular formula is C10H16I2N2O4. The smallest absolute Gasteiger partial charge is 0.215 e. The van der Waals surface area contributed by atoms with E-state index in [2.05, 4.69) is 45.2 Å². The molecule has 4 atom stereocenters. The molecule has 4 unspecified atom stereocenters. The predicted octanol–water partition coefficient (Wildman–Crippen LogP) is 2.95. The summed E-state index contributed by atoms with van der Waals surface area (Å²) in [7, 11) is 0. The normalized spacial score (nSPS) is 27.4. The second kappa shape index (κ2) is 7.75. The van der Waals surface area contributed by atoms with E-state index in [1.54, 1.807) is 0 Å². The maximum Gasteiger partial charge on any atom is 0.215 e. The molecule has 0 amide bonds. The van der Waals surface area contributed by atoms with Crippen LogP contribution in [-0.4, -0.2) is 30.8 Å². The molecule has 0 aromatic rings. The summed E-state index contributed by atoms with van der Waals surface area (Å²) >= 11 is 4.29. The van der Waals surface area contributed by atoms with Crippen LogP contribution in [0.3, 0.4) is 0 Å². The topological polar surface area (TPSA) is 86.3 Å². The molecule has 104 valence electrons. The van der Waals surface area contributed by atoms with E-state index in [0.29, 0.717) is 0 Å². The summed E-state index contributed by atoms with van der Waals surface area (Å²) in [6.07, 6.45) is 4.09. The zero-order valence-electron chi connectivity index (χ0n) is 9.84. The molecule has 0 saturated heterocycles. The van der Waals surface area contributed by atoms with Gasteiger partial charge in [0.1, 0.15) is 0 Å². The molecular weight excluding hydrogens is 466 g/mol. The molecule has 18 heavy (non-hydrogen) atoms. The van der Waals surface area contributed by atoms with Crippen molar-refractivity contribution in [2.75, 3.05) is 13.1 Å². The van der Waals surface area contributed by atoms with Gasteiger partial charge in [-0.15, -0.1) is 0 Å². The molecule has 8 heteroatoms. The lowest BCUT2D eigenvalue weighted by atomic mass is 9.76. The molecule has 0 aromatic heterocycles. The van der Waals surface area contributed by atoms with Gasteiger partial charge >= 0.3 is 0 Å². The standard InChI is InChI=1S/C10H16I2N2O4/c11-9(5-13(15)16)7-3-1-2-4-8(7)10(12)6-14(17)18/h7-10H,1-6H2. The van der Waals surface area contributed by atoms with Gasteiger partial charge in [0.15, 0.2) is 0 Å². The van der Waals surface area contributed by atoms with Crippen molar-refractivity contribution < 1.29 is 9.85 Å². The minimum atomic E-state index is -0.279. The van der Waals surface area contributed by atoms with Crippen molar-refractivity contribution in [2.24, 2.45) is 11.8 Å². The summed E-state index contributed by atoms with van der Waals surface area (Å²) in [4.78, 5) is 20.6. The third-order valence-corrected chi connectivity index (χ3v) is 6.09. The van der Waals surface area contributed by atoms with Crippen LogP contribution < -0.4 is 0 Å². The van der Waals surface area contributed by atoms with Crippen LogP contribution in [0.25, 0.3) is 0 Å². The summed E-state index contributed by atoms with van der Waals surface area (Å²) in [6.45, 7) is -0.0763. The van der Waals surface area contributed by atoms with E-state index in [0.717, 1.165) is 25.7 Å². The van der Waals surface area contributed by atoms with E-state index >= 15 is 0 Å². The summed E-state index contributed by atoms with van der Waals surface area (Å²) in [6, 6.07) is 0. The molecule has 0 bridgehead atoms. The van der Waals surface area contributed by atoms with Crippen LogP contribution >= 0.6 is 45.2 Å². The predicted molar refractivity (Wildman–Crippen MR) is 84.8 cm³/mol. The van der Waals surface area contributed by atoms with Gasteiger partial charge in [-0.05, 0) is 24.7 Å². The molecule has 1 fully saturated rings. The molecule has 0 aliphatic heterocycles.